The zero-order valence-corrected chi connectivity index (χ0v) is 7.72. The van der Waals surface area contributed by atoms with Gasteiger partial charge in [-0.25, -0.2) is 0 Å². The van der Waals surface area contributed by atoms with Crippen LogP contribution in [0.5, 0.6) is 0 Å². The van der Waals surface area contributed by atoms with Gasteiger partial charge in [-0.15, -0.1) is 0 Å². The fourth-order valence-corrected chi connectivity index (χ4v) is 1.00. The first kappa shape index (κ1) is 11.7. The molecule has 1 rings (SSSR count). The summed E-state index contributed by atoms with van der Waals surface area (Å²) >= 11 is 0. The predicted molar refractivity (Wildman–Crippen MR) is 45.8 cm³/mol. The summed E-state index contributed by atoms with van der Waals surface area (Å²) in [5.41, 5.74) is -0.195. The number of rotatable bonds is 2. The van der Waals surface area contributed by atoms with Crippen molar-refractivity contribution in [1.82, 2.24) is 0 Å². The number of halogens is 5. The van der Waals surface area contributed by atoms with Gasteiger partial charge < -0.3 is 4.90 Å². The Hall–Kier alpha value is -1.33. The van der Waals surface area contributed by atoms with Crippen LogP contribution >= 0.6 is 0 Å². The lowest BCUT2D eigenvalue weighted by atomic mass is 10.3. The van der Waals surface area contributed by atoms with Gasteiger partial charge in [0.2, 0.25) is 0 Å². The molecule has 0 bridgehead atoms. The van der Waals surface area contributed by atoms with Crippen molar-refractivity contribution >= 4 is 5.69 Å². The first-order chi connectivity index (χ1) is 6.77. The van der Waals surface area contributed by atoms with Crippen LogP contribution in [0.25, 0.3) is 0 Å². The molecule has 6 heteroatoms. The molecular formula is C9H8F5N. The number of benzene rings is 1. The van der Waals surface area contributed by atoms with E-state index in [-0.39, 0.29) is 10.6 Å². The molecule has 0 atom stereocenters. The van der Waals surface area contributed by atoms with Gasteiger partial charge in [0.25, 0.3) is 0 Å². The first-order valence-electron chi connectivity index (χ1n) is 4.00. The maximum atomic E-state index is 12.8. The fraction of sp³-hybridized carbons (Fsp3) is 0.333. The summed E-state index contributed by atoms with van der Waals surface area (Å²) in [6.07, 6.45) is -5.59. The van der Waals surface area contributed by atoms with Crippen LogP contribution in [-0.2, 0) is 0 Å². The third-order valence-electron chi connectivity index (χ3n) is 1.91. The van der Waals surface area contributed by atoms with Gasteiger partial charge >= 0.3 is 12.2 Å². The molecule has 0 radical (unpaired) electrons. The fourth-order valence-electron chi connectivity index (χ4n) is 1.00. The molecule has 0 unspecified atom stereocenters. The van der Waals surface area contributed by atoms with Gasteiger partial charge in [-0.05, 0) is 12.1 Å². The summed E-state index contributed by atoms with van der Waals surface area (Å²) in [6.45, 7) is 0. The molecule has 0 saturated carbocycles. The van der Waals surface area contributed by atoms with Crippen LogP contribution in [0.4, 0.5) is 27.6 Å². The number of hydrogen-bond donors (Lipinski definition) is 0. The van der Waals surface area contributed by atoms with Crippen molar-refractivity contribution in [1.29, 1.82) is 0 Å². The molecule has 84 valence electrons. The van der Waals surface area contributed by atoms with Crippen molar-refractivity contribution < 1.29 is 22.0 Å². The average molecular weight is 225 g/mol. The Morgan fingerprint density at radius 2 is 1.40 bits per heavy atom. The van der Waals surface area contributed by atoms with Crippen LogP contribution in [0.15, 0.2) is 30.3 Å². The molecule has 0 aliphatic rings. The van der Waals surface area contributed by atoms with Crippen molar-refractivity contribution in [2.24, 2.45) is 0 Å². The summed E-state index contributed by atoms with van der Waals surface area (Å²) < 4.78 is 61.6. The molecule has 0 heterocycles. The molecule has 0 amide bonds. The van der Waals surface area contributed by atoms with E-state index in [1.807, 2.05) is 0 Å². The van der Waals surface area contributed by atoms with Crippen molar-refractivity contribution in [3.63, 3.8) is 0 Å². The van der Waals surface area contributed by atoms with E-state index in [2.05, 4.69) is 0 Å². The molecule has 0 aliphatic carbocycles. The summed E-state index contributed by atoms with van der Waals surface area (Å²) in [6, 6.07) is 1.80. The average Bonchev–Trinajstić information content (AvgIpc) is 2.16. The van der Waals surface area contributed by atoms with Crippen molar-refractivity contribution in [3.8, 4) is 0 Å². The number of nitrogens with zero attached hydrogens (tertiary/aromatic N) is 1. The minimum absolute atomic E-state index is 0.104. The molecular weight excluding hydrogens is 217 g/mol. The predicted octanol–water partition coefficient (Wildman–Crippen LogP) is 3.28. The van der Waals surface area contributed by atoms with Crippen LogP contribution in [0.2, 0.25) is 0 Å². The zero-order chi connectivity index (χ0) is 11.7. The molecule has 0 aliphatic heterocycles. The zero-order valence-electron chi connectivity index (χ0n) is 7.72. The van der Waals surface area contributed by atoms with Gasteiger partial charge in [-0.2, -0.15) is 22.0 Å². The molecule has 0 N–H and O–H groups in total. The highest BCUT2D eigenvalue weighted by Crippen LogP contribution is 2.39. The highest BCUT2D eigenvalue weighted by atomic mass is 19.4. The van der Waals surface area contributed by atoms with E-state index >= 15 is 0 Å². The summed E-state index contributed by atoms with van der Waals surface area (Å²) in [4.78, 5) is -0.104. The molecule has 1 nitrogen and oxygen atoms in total. The van der Waals surface area contributed by atoms with E-state index in [1.54, 1.807) is 0 Å². The van der Waals surface area contributed by atoms with E-state index in [1.165, 1.54) is 30.3 Å². The second-order valence-corrected chi connectivity index (χ2v) is 2.93. The standard InChI is InChI=1S/C9H8F5N/c1-15(7-5-3-2-4-6-7)9(13,14)8(10,11)12/h2-6H,1H3. The van der Waals surface area contributed by atoms with Crippen LogP contribution < -0.4 is 4.90 Å². The van der Waals surface area contributed by atoms with Crippen LogP contribution in [-0.4, -0.2) is 19.3 Å². The Balaban J connectivity index is 3.00. The van der Waals surface area contributed by atoms with Crippen LogP contribution in [0.1, 0.15) is 0 Å². The molecule has 1 aromatic rings. The van der Waals surface area contributed by atoms with Crippen molar-refractivity contribution in [3.05, 3.63) is 30.3 Å². The van der Waals surface area contributed by atoms with E-state index in [0.717, 1.165) is 0 Å². The second-order valence-electron chi connectivity index (χ2n) is 2.93. The van der Waals surface area contributed by atoms with Crippen molar-refractivity contribution in [2.45, 2.75) is 12.2 Å². The number of hydrogen-bond acceptors (Lipinski definition) is 1. The Morgan fingerprint density at radius 1 is 0.933 bits per heavy atom. The molecule has 0 aromatic heterocycles. The van der Waals surface area contributed by atoms with E-state index in [9.17, 15) is 22.0 Å². The Labute approximate surface area is 83.1 Å². The highest BCUT2D eigenvalue weighted by molar-refractivity contribution is 5.46. The van der Waals surface area contributed by atoms with E-state index in [4.69, 9.17) is 0 Å². The number of anilines is 1. The minimum Gasteiger partial charge on any atom is -0.309 e. The van der Waals surface area contributed by atoms with E-state index in [0.29, 0.717) is 7.05 Å². The highest BCUT2D eigenvalue weighted by Gasteiger charge is 2.60. The van der Waals surface area contributed by atoms with Gasteiger partial charge in [-0.1, -0.05) is 18.2 Å². The Morgan fingerprint density at radius 3 is 1.80 bits per heavy atom. The first-order valence-corrected chi connectivity index (χ1v) is 4.00. The molecule has 1 aromatic carbocycles. The van der Waals surface area contributed by atoms with Crippen molar-refractivity contribution in [2.75, 3.05) is 11.9 Å². The van der Waals surface area contributed by atoms with Gasteiger partial charge in [0.15, 0.2) is 0 Å². The molecule has 0 saturated heterocycles. The Bertz CT molecular complexity index is 319. The maximum absolute atomic E-state index is 12.8. The quantitative estimate of drug-likeness (QED) is 0.551. The smallest absolute Gasteiger partial charge is 0.309 e. The lowest BCUT2D eigenvalue weighted by molar-refractivity contribution is -0.280. The van der Waals surface area contributed by atoms with Crippen LogP contribution in [0, 0.1) is 0 Å². The molecule has 0 fully saturated rings. The topological polar surface area (TPSA) is 3.24 Å². The van der Waals surface area contributed by atoms with E-state index < -0.39 is 12.2 Å². The molecule has 15 heavy (non-hydrogen) atoms. The molecule has 0 spiro atoms. The van der Waals surface area contributed by atoms with Gasteiger partial charge in [0.1, 0.15) is 0 Å². The monoisotopic (exact) mass is 225 g/mol. The number of para-hydroxylation sites is 1. The SMILES string of the molecule is CN(c1ccccc1)C(F)(F)C(F)(F)F. The van der Waals surface area contributed by atoms with Gasteiger partial charge in [-0.3, -0.25) is 0 Å². The third kappa shape index (κ3) is 2.19. The second kappa shape index (κ2) is 3.67. The van der Waals surface area contributed by atoms with Crippen LogP contribution in [0.3, 0.4) is 0 Å². The summed E-state index contributed by atoms with van der Waals surface area (Å²) in [7, 11) is 0.697. The lowest BCUT2D eigenvalue weighted by Gasteiger charge is -2.30. The largest absolute Gasteiger partial charge is 0.475 e. The third-order valence-corrected chi connectivity index (χ3v) is 1.91. The van der Waals surface area contributed by atoms with Gasteiger partial charge in [0.05, 0.1) is 0 Å². The summed E-state index contributed by atoms with van der Waals surface area (Å²) in [5, 5.41) is 0. The lowest BCUT2D eigenvalue weighted by Crippen LogP contribution is -2.50. The van der Waals surface area contributed by atoms with Gasteiger partial charge in [0, 0.05) is 12.7 Å². The normalized spacial score (nSPS) is 12.7. The maximum Gasteiger partial charge on any atom is 0.475 e. The number of alkyl halides is 5. The summed E-state index contributed by atoms with van der Waals surface area (Å²) in [5.74, 6) is 0. The Kier molecular flexibility index (Phi) is 2.88. The minimum atomic E-state index is -5.59.